The normalized spacial score (nSPS) is 21.3. The molecule has 1 rings (SSSR count). The van der Waals surface area contributed by atoms with Gasteiger partial charge in [0.2, 0.25) is 5.91 Å². The van der Waals surface area contributed by atoms with Gasteiger partial charge in [-0.2, -0.15) is 0 Å². The van der Waals surface area contributed by atoms with Crippen LogP contribution in [-0.4, -0.2) is 93.0 Å². The monoisotopic (exact) mass is 774 g/mol. The SMILES string of the molecule is CCCCCCCC/C=C\CCCCCCCCCC(=O)N[C@@H](COC1OC(CO)C(O)C(O)C1O)[C@H](O)CCCCCCCCCCCCCCC.O. The van der Waals surface area contributed by atoms with Gasteiger partial charge in [-0.15, -0.1) is 0 Å². The molecule has 0 saturated carbocycles. The smallest absolute Gasteiger partial charge is 0.220 e. The van der Waals surface area contributed by atoms with Gasteiger partial charge in [0, 0.05) is 6.42 Å². The molecule has 10 nitrogen and oxygen atoms in total. The molecular formula is C44H87NO9. The molecule has 0 aromatic rings. The molecule has 0 spiro atoms. The average Bonchev–Trinajstić information content (AvgIpc) is 3.16. The zero-order chi connectivity index (χ0) is 38.8. The summed E-state index contributed by atoms with van der Waals surface area (Å²) in [4.78, 5) is 12.9. The van der Waals surface area contributed by atoms with Crippen LogP contribution in [0.4, 0.5) is 0 Å². The van der Waals surface area contributed by atoms with Gasteiger partial charge in [0.25, 0.3) is 0 Å². The number of carbonyl (C=O) groups excluding carboxylic acids is 1. The number of aliphatic hydroxyl groups excluding tert-OH is 5. The first-order chi connectivity index (χ1) is 25.8. The van der Waals surface area contributed by atoms with Gasteiger partial charge < -0.3 is 45.8 Å². The Balaban J connectivity index is 0.0000281. The number of unbranched alkanes of at least 4 members (excludes halogenated alkanes) is 25. The van der Waals surface area contributed by atoms with Crippen LogP contribution in [0, 0.1) is 0 Å². The van der Waals surface area contributed by atoms with E-state index in [0.717, 1.165) is 38.5 Å². The molecule has 0 aromatic carbocycles. The quantitative estimate of drug-likeness (QED) is 0.0271. The molecule has 1 amide bonds. The fraction of sp³-hybridized carbons (Fsp3) is 0.932. The summed E-state index contributed by atoms with van der Waals surface area (Å²) in [6, 6.07) is -0.716. The minimum absolute atomic E-state index is 0. The van der Waals surface area contributed by atoms with Gasteiger partial charge >= 0.3 is 0 Å². The summed E-state index contributed by atoms with van der Waals surface area (Å²) in [6.07, 6.45) is 32.1. The molecule has 322 valence electrons. The maximum Gasteiger partial charge on any atom is 0.220 e. The first-order valence-corrected chi connectivity index (χ1v) is 22.4. The largest absolute Gasteiger partial charge is 0.412 e. The van der Waals surface area contributed by atoms with E-state index in [1.165, 1.54) is 141 Å². The molecular weight excluding hydrogens is 686 g/mol. The van der Waals surface area contributed by atoms with E-state index in [4.69, 9.17) is 9.47 Å². The van der Waals surface area contributed by atoms with E-state index < -0.39 is 49.5 Å². The van der Waals surface area contributed by atoms with Crippen molar-refractivity contribution in [2.75, 3.05) is 13.2 Å². The van der Waals surface area contributed by atoms with Crippen molar-refractivity contribution < 1.29 is 45.3 Å². The van der Waals surface area contributed by atoms with Gasteiger partial charge in [-0.25, -0.2) is 0 Å². The van der Waals surface area contributed by atoms with Gasteiger partial charge in [-0.1, -0.05) is 174 Å². The highest BCUT2D eigenvalue weighted by atomic mass is 16.7. The lowest BCUT2D eigenvalue weighted by Crippen LogP contribution is -2.60. The maximum absolute atomic E-state index is 12.9. The Morgan fingerprint density at radius 3 is 1.52 bits per heavy atom. The average molecular weight is 774 g/mol. The maximum atomic E-state index is 12.9. The first kappa shape index (κ1) is 52.9. The number of ether oxygens (including phenoxy) is 2. The van der Waals surface area contributed by atoms with E-state index in [-0.39, 0.29) is 18.0 Å². The van der Waals surface area contributed by atoms with Crippen LogP contribution in [0.25, 0.3) is 0 Å². The second-order valence-corrected chi connectivity index (χ2v) is 15.8. The van der Waals surface area contributed by atoms with Crippen LogP contribution in [0.3, 0.4) is 0 Å². The van der Waals surface area contributed by atoms with Crippen LogP contribution in [0.2, 0.25) is 0 Å². The third kappa shape index (κ3) is 27.5. The Hall–Kier alpha value is -1.11. The van der Waals surface area contributed by atoms with Crippen molar-refractivity contribution in [3.63, 3.8) is 0 Å². The summed E-state index contributed by atoms with van der Waals surface area (Å²) in [5.74, 6) is -0.149. The van der Waals surface area contributed by atoms with E-state index >= 15 is 0 Å². The topological polar surface area (TPSA) is 180 Å². The molecule has 1 heterocycles. The number of hydrogen-bond donors (Lipinski definition) is 6. The number of amides is 1. The third-order valence-electron chi connectivity index (χ3n) is 10.9. The number of allylic oxidation sites excluding steroid dienone is 2. The van der Waals surface area contributed by atoms with Crippen molar-refractivity contribution in [1.82, 2.24) is 5.32 Å². The Labute approximate surface area is 330 Å². The van der Waals surface area contributed by atoms with E-state index in [2.05, 4.69) is 31.3 Å². The molecule has 1 aliphatic rings. The van der Waals surface area contributed by atoms with Crippen molar-refractivity contribution in [3.05, 3.63) is 12.2 Å². The van der Waals surface area contributed by atoms with Crippen LogP contribution in [-0.2, 0) is 14.3 Å². The Bertz CT molecular complexity index is 845. The van der Waals surface area contributed by atoms with Crippen LogP contribution < -0.4 is 5.32 Å². The lowest BCUT2D eigenvalue weighted by molar-refractivity contribution is -0.302. The van der Waals surface area contributed by atoms with Crippen LogP contribution in [0.15, 0.2) is 12.2 Å². The summed E-state index contributed by atoms with van der Waals surface area (Å²) in [5.41, 5.74) is 0. The number of rotatable bonds is 37. The fourth-order valence-electron chi connectivity index (χ4n) is 7.21. The van der Waals surface area contributed by atoms with Gasteiger partial charge in [0.05, 0.1) is 25.4 Å². The predicted molar refractivity (Wildman–Crippen MR) is 220 cm³/mol. The number of hydrogen-bond acceptors (Lipinski definition) is 8. The van der Waals surface area contributed by atoms with Crippen molar-refractivity contribution >= 4 is 5.91 Å². The zero-order valence-electron chi connectivity index (χ0n) is 34.8. The first-order valence-electron chi connectivity index (χ1n) is 22.4. The molecule has 0 aliphatic carbocycles. The van der Waals surface area contributed by atoms with Crippen molar-refractivity contribution in [1.29, 1.82) is 0 Å². The van der Waals surface area contributed by atoms with Crippen LogP contribution in [0.1, 0.15) is 206 Å². The summed E-state index contributed by atoms with van der Waals surface area (Å²) < 4.78 is 11.2. The molecule has 1 saturated heterocycles. The van der Waals surface area contributed by atoms with E-state index in [0.29, 0.717) is 12.8 Å². The van der Waals surface area contributed by atoms with E-state index in [1.54, 1.807) is 0 Å². The summed E-state index contributed by atoms with van der Waals surface area (Å²) in [5, 5.41) is 54.3. The molecule has 1 fully saturated rings. The molecule has 1 aliphatic heterocycles. The fourth-order valence-corrected chi connectivity index (χ4v) is 7.21. The lowest BCUT2D eigenvalue weighted by Gasteiger charge is -2.40. The van der Waals surface area contributed by atoms with Gasteiger partial charge in [-0.3, -0.25) is 4.79 Å². The van der Waals surface area contributed by atoms with Crippen molar-refractivity contribution in [2.45, 2.75) is 249 Å². The second kappa shape index (κ2) is 37.5. The lowest BCUT2D eigenvalue weighted by atomic mass is 9.99. The standard InChI is InChI=1S/C44H85NO8.H2O/c1-3-5-7-9-11-13-15-17-18-19-20-22-24-26-28-30-32-34-40(48)45-37(36-52-44-43(51)42(50)41(49)39(35-46)53-44)38(47)33-31-29-27-25-23-21-16-14-12-10-8-6-4-2;/h17-18,37-39,41-44,46-47,49-51H,3-16,19-36H2,1-2H3,(H,45,48);1H2/b18-17-;/t37-,38+,39?,41?,42?,43?,44?;/m0./s1. The molecule has 5 unspecified atom stereocenters. The van der Waals surface area contributed by atoms with Crippen LogP contribution in [0.5, 0.6) is 0 Å². The molecule has 0 bridgehead atoms. The minimum atomic E-state index is -1.55. The summed E-state index contributed by atoms with van der Waals surface area (Å²) >= 11 is 0. The number of aliphatic hydroxyl groups is 5. The molecule has 54 heavy (non-hydrogen) atoms. The second-order valence-electron chi connectivity index (χ2n) is 15.8. The molecule has 0 radical (unpaired) electrons. The molecule has 7 atom stereocenters. The van der Waals surface area contributed by atoms with Gasteiger partial charge in [-0.05, 0) is 38.5 Å². The predicted octanol–water partition coefficient (Wildman–Crippen LogP) is 8.12. The number of carbonyl (C=O) groups is 1. The van der Waals surface area contributed by atoms with Crippen molar-refractivity contribution in [2.24, 2.45) is 0 Å². The number of nitrogens with one attached hydrogen (secondary N) is 1. The molecule has 10 heteroatoms. The highest BCUT2D eigenvalue weighted by molar-refractivity contribution is 5.76. The summed E-state index contributed by atoms with van der Waals surface area (Å²) in [7, 11) is 0. The van der Waals surface area contributed by atoms with Crippen LogP contribution >= 0.6 is 0 Å². The van der Waals surface area contributed by atoms with Crippen molar-refractivity contribution in [3.8, 4) is 0 Å². The van der Waals surface area contributed by atoms with Gasteiger partial charge in [0.1, 0.15) is 24.4 Å². The molecule has 8 N–H and O–H groups in total. The Morgan fingerprint density at radius 1 is 0.630 bits per heavy atom. The Kier molecular flexibility index (Phi) is 36.7. The third-order valence-corrected chi connectivity index (χ3v) is 10.9. The van der Waals surface area contributed by atoms with E-state index in [1.807, 2.05) is 0 Å². The van der Waals surface area contributed by atoms with Gasteiger partial charge in [0.15, 0.2) is 6.29 Å². The summed E-state index contributed by atoms with van der Waals surface area (Å²) in [6.45, 7) is 3.82. The highest BCUT2D eigenvalue weighted by Crippen LogP contribution is 2.23. The minimum Gasteiger partial charge on any atom is -0.412 e. The Morgan fingerprint density at radius 2 is 1.06 bits per heavy atom. The highest BCUT2D eigenvalue weighted by Gasteiger charge is 2.44. The van der Waals surface area contributed by atoms with E-state index in [9.17, 15) is 30.3 Å². The molecule has 0 aromatic heterocycles. The zero-order valence-corrected chi connectivity index (χ0v) is 34.8.